The first-order chi connectivity index (χ1) is 29.1. The molecule has 9 rings (SSSR count). The topological polar surface area (TPSA) is 188 Å². The summed E-state index contributed by atoms with van der Waals surface area (Å²) in [6.07, 6.45) is 3.92. The molecule has 1 atom stereocenters. The van der Waals surface area contributed by atoms with E-state index in [-0.39, 0.29) is 41.4 Å². The molecule has 16 nitrogen and oxygen atoms in total. The van der Waals surface area contributed by atoms with E-state index in [0.717, 1.165) is 53.5 Å². The molecular formula is C42H39ClFN11O5. The lowest BCUT2D eigenvalue weighted by Gasteiger charge is -2.43. The first-order valence-corrected chi connectivity index (χ1v) is 20.3. The van der Waals surface area contributed by atoms with E-state index in [1.165, 1.54) is 12.4 Å². The van der Waals surface area contributed by atoms with Gasteiger partial charge < -0.3 is 20.0 Å². The highest BCUT2D eigenvalue weighted by molar-refractivity contribution is 6.32. The van der Waals surface area contributed by atoms with Crippen LogP contribution in [0.5, 0.6) is 0 Å². The van der Waals surface area contributed by atoms with Gasteiger partial charge in [0.25, 0.3) is 17.7 Å². The normalized spacial score (nSPS) is 19.9. The molecule has 2 aromatic carbocycles. The van der Waals surface area contributed by atoms with E-state index in [1.807, 2.05) is 12.1 Å². The van der Waals surface area contributed by atoms with Gasteiger partial charge in [-0.2, -0.15) is 9.65 Å². The van der Waals surface area contributed by atoms with E-state index in [1.54, 1.807) is 35.2 Å². The van der Waals surface area contributed by atoms with Crippen LogP contribution in [0.1, 0.15) is 73.6 Å². The highest BCUT2D eigenvalue weighted by Gasteiger charge is 2.45. The summed E-state index contributed by atoms with van der Waals surface area (Å²) in [6, 6.07) is 14.9. The van der Waals surface area contributed by atoms with Crippen molar-refractivity contribution in [2.75, 3.05) is 60.9 Å². The predicted molar refractivity (Wildman–Crippen MR) is 216 cm³/mol. The molecule has 0 bridgehead atoms. The fourth-order valence-corrected chi connectivity index (χ4v) is 9.08. The number of nitrogens with one attached hydrogen (secondary N) is 2. The van der Waals surface area contributed by atoms with Crippen LogP contribution in [0.3, 0.4) is 0 Å². The molecule has 2 aromatic heterocycles. The number of nitrogens with zero attached hydrogens (tertiary/aromatic N) is 9. The molecule has 7 heterocycles. The second-order valence-electron chi connectivity index (χ2n) is 15.5. The third kappa shape index (κ3) is 7.26. The smallest absolute Gasteiger partial charge is 0.262 e. The number of hydrogen-bond donors (Lipinski definition) is 2. The summed E-state index contributed by atoms with van der Waals surface area (Å²) >= 11 is 6.27. The van der Waals surface area contributed by atoms with E-state index in [2.05, 4.69) is 46.4 Å². The first-order valence-electron chi connectivity index (χ1n) is 19.9. The number of halogens is 2. The Bertz CT molecular complexity index is 2500. The molecule has 3 fully saturated rings. The Morgan fingerprint density at radius 1 is 0.850 bits per heavy atom. The van der Waals surface area contributed by atoms with E-state index in [0.29, 0.717) is 62.1 Å². The molecule has 306 valence electrons. The van der Waals surface area contributed by atoms with Crippen LogP contribution in [0, 0.1) is 17.3 Å². The van der Waals surface area contributed by atoms with Crippen molar-refractivity contribution in [2.24, 2.45) is 0 Å². The van der Waals surface area contributed by atoms with Crippen LogP contribution in [0.4, 0.5) is 27.4 Å². The second kappa shape index (κ2) is 15.9. The number of piperidine rings is 2. The Morgan fingerprint density at radius 3 is 2.33 bits per heavy atom. The van der Waals surface area contributed by atoms with Gasteiger partial charge in [0.05, 0.1) is 39.5 Å². The minimum absolute atomic E-state index is 0.0631. The van der Waals surface area contributed by atoms with Crippen LogP contribution in [-0.4, -0.2) is 117 Å². The Balaban J connectivity index is 0.770. The van der Waals surface area contributed by atoms with Gasteiger partial charge in [0.2, 0.25) is 17.8 Å². The molecule has 5 amide bonds. The Labute approximate surface area is 348 Å². The zero-order valence-corrected chi connectivity index (χ0v) is 33.1. The van der Waals surface area contributed by atoms with Gasteiger partial charge in [-0.25, -0.2) is 15.0 Å². The predicted octanol–water partition coefficient (Wildman–Crippen LogP) is 3.67. The number of rotatable bonds is 7. The van der Waals surface area contributed by atoms with E-state index in [9.17, 15) is 29.2 Å². The molecule has 0 spiro atoms. The summed E-state index contributed by atoms with van der Waals surface area (Å²) in [6.45, 7) is 4.78. The van der Waals surface area contributed by atoms with Crippen molar-refractivity contribution in [3.63, 3.8) is 0 Å². The first kappa shape index (κ1) is 39.0. The monoisotopic (exact) mass is 831 g/mol. The summed E-state index contributed by atoms with van der Waals surface area (Å²) in [5.74, 6) is -2.66. The number of benzene rings is 2. The molecule has 1 unspecified atom stereocenters. The van der Waals surface area contributed by atoms with Gasteiger partial charge in [0.15, 0.2) is 0 Å². The van der Waals surface area contributed by atoms with Gasteiger partial charge in [-0.1, -0.05) is 11.6 Å². The molecule has 0 saturated carbocycles. The number of amides is 5. The number of carbonyl (C=O) groups excluding carboxylic acids is 5. The molecule has 5 aliphatic heterocycles. The average Bonchev–Trinajstić information content (AvgIpc) is 3.51. The number of piperazine rings is 1. The second-order valence-corrected chi connectivity index (χ2v) is 15.9. The molecule has 2 N–H and O–H groups in total. The van der Waals surface area contributed by atoms with Crippen molar-refractivity contribution in [3.05, 3.63) is 99.3 Å². The van der Waals surface area contributed by atoms with Crippen LogP contribution in [-0.2, 0) is 22.6 Å². The van der Waals surface area contributed by atoms with Crippen molar-refractivity contribution in [2.45, 2.75) is 50.7 Å². The minimum Gasteiger partial charge on any atom is -0.371 e. The standard InChI is InChI=1S/C42H39ClFN11O5/c43-32-20-27(2-1-24(32)21-45)54-14-11-29-33(22-54)46-23-47-38(29)49-35-7-5-30(37(44)48-35)40(58)53-17-15-52(16-18-53)25-9-12-51(13-10-25)26-3-4-28-31(19-26)42(60)55(41(28)59)34-6-8-36(56)50-39(34)57/h1-5,7,19-20,23,25,34H,6,8-18,22H2,(H,50,56,57)(H,46,47,48,49). The zero-order valence-electron chi connectivity index (χ0n) is 32.4. The van der Waals surface area contributed by atoms with Crippen molar-refractivity contribution >= 4 is 64.1 Å². The third-order valence-electron chi connectivity index (χ3n) is 12.1. The van der Waals surface area contributed by atoms with Gasteiger partial charge in [-0.15, -0.1) is 0 Å². The number of nitriles is 1. The lowest BCUT2D eigenvalue weighted by atomic mass is 10.0. The molecule has 4 aromatic rings. The lowest BCUT2D eigenvalue weighted by molar-refractivity contribution is -0.136. The summed E-state index contributed by atoms with van der Waals surface area (Å²) < 4.78 is 15.5. The SMILES string of the molecule is N#Cc1ccc(N2CCc3c(ncnc3Nc3ccc(C(=O)N4CCN(C5CCN(c6ccc7c(c6)C(=O)N(C6CCC(=O)NC6=O)C7=O)CC5)CC4)c(F)n3)C2)cc1Cl. The number of aromatic nitrogens is 3. The molecule has 60 heavy (non-hydrogen) atoms. The van der Waals surface area contributed by atoms with Crippen molar-refractivity contribution in [3.8, 4) is 6.07 Å². The van der Waals surface area contributed by atoms with Gasteiger partial charge >= 0.3 is 0 Å². The van der Waals surface area contributed by atoms with Crippen LogP contribution in [0.25, 0.3) is 0 Å². The molecule has 3 saturated heterocycles. The fraction of sp³-hybridized carbons (Fsp3) is 0.357. The quantitative estimate of drug-likeness (QED) is 0.203. The lowest BCUT2D eigenvalue weighted by Crippen LogP contribution is -2.54. The zero-order chi connectivity index (χ0) is 41.7. The Hall–Kier alpha value is -6.51. The van der Waals surface area contributed by atoms with Gasteiger partial charge in [-0.05, 0) is 74.2 Å². The summed E-state index contributed by atoms with van der Waals surface area (Å²) in [7, 11) is 0. The average molecular weight is 832 g/mol. The largest absolute Gasteiger partial charge is 0.371 e. The number of carbonyl (C=O) groups is 5. The summed E-state index contributed by atoms with van der Waals surface area (Å²) in [4.78, 5) is 86.3. The maximum Gasteiger partial charge on any atom is 0.262 e. The fourth-order valence-electron chi connectivity index (χ4n) is 8.86. The molecule has 5 aliphatic rings. The third-order valence-corrected chi connectivity index (χ3v) is 12.5. The van der Waals surface area contributed by atoms with Crippen LogP contribution in [0.2, 0.25) is 5.02 Å². The highest BCUT2D eigenvalue weighted by Crippen LogP contribution is 2.33. The van der Waals surface area contributed by atoms with Gasteiger partial charge in [0, 0.05) is 75.2 Å². The maximum absolute atomic E-state index is 15.5. The molecule has 18 heteroatoms. The number of hydrogen-bond acceptors (Lipinski definition) is 13. The number of fused-ring (bicyclic) bond motifs is 2. The van der Waals surface area contributed by atoms with Crippen LogP contribution in [0.15, 0.2) is 54.9 Å². The van der Waals surface area contributed by atoms with Crippen LogP contribution >= 0.6 is 11.6 Å². The van der Waals surface area contributed by atoms with Crippen molar-refractivity contribution in [1.82, 2.24) is 35.0 Å². The van der Waals surface area contributed by atoms with Crippen molar-refractivity contribution < 1.29 is 28.4 Å². The molecular weight excluding hydrogens is 793 g/mol. The molecule has 0 radical (unpaired) electrons. The highest BCUT2D eigenvalue weighted by atomic mass is 35.5. The van der Waals surface area contributed by atoms with Crippen LogP contribution < -0.4 is 20.4 Å². The van der Waals surface area contributed by atoms with Crippen molar-refractivity contribution in [1.29, 1.82) is 5.26 Å². The van der Waals surface area contributed by atoms with Gasteiger partial charge in [-0.3, -0.25) is 39.1 Å². The minimum atomic E-state index is -1.01. The summed E-state index contributed by atoms with van der Waals surface area (Å²) in [5, 5.41) is 14.9. The summed E-state index contributed by atoms with van der Waals surface area (Å²) in [5.41, 5.74) is 4.20. The maximum atomic E-state index is 15.5. The van der Waals surface area contributed by atoms with E-state index >= 15 is 4.39 Å². The number of imide groups is 2. The Kier molecular flexibility index (Phi) is 10.3. The molecule has 0 aliphatic carbocycles. The van der Waals surface area contributed by atoms with E-state index in [4.69, 9.17) is 11.6 Å². The Morgan fingerprint density at radius 2 is 1.60 bits per heavy atom. The van der Waals surface area contributed by atoms with Gasteiger partial charge in [0.1, 0.15) is 30.1 Å². The van der Waals surface area contributed by atoms with E-state index < -0.39 is 41.5 Å². The number of pyridine rings is 1. The number of anilines is 4.